The molecule has 1 aromatic rings. The van der Waals surface area contributed by atoms with E-state index in [9.17, 15) is 5.26 Å². The van der Waals surface area contributed by atoms with Crippen molar-refractivity contribution in [3.63, 3.8) is 0 Å². The second-order valence-electron chi connectivity index (χ2n) is 6.16. The molecule has 0 saturated heterocycles. The molecule has 98 valence electrons. The molecule has 1 N–H and O–H groups in total. The fourth-order valence-electron chi connectivity index (χ4n) is 2.65. The topological polar surface area (TPSA) is 52.5 Å². The van der Waals surface area contributed by atoms with E-state index in [1.807, 2.05) is 6.20 Å². The van der Waals surface area contributed by atoms with Crippen molar-refractivity contribution >= 4 is 11.8 Å². The molecule has 2 rings (SSSR count). The summed E-state index contributed by atoms with van der Waals surface area (Å²) in [5, 5.41) is 10.6. The number of aromatic amines is 1. The average Bonchev–Trinajstić information content (AvgIpc) is 2.80. The molecule has 1 fully saturated rings. The van der Waals surface area contributed by atoms with Crippen LogP contribution in [0, 0.1) is 28.6 Å². The molecular formula is C14H21N3S. The molecular weight excluding hydrogens is 242 g/mol. The number of hydrogen-bond acceptors (Lipinski definition) is 3. The highest BCUT2D eigenvalue weighted by molar-refractivity contribution is 7.99. The first kappa shape index (κ1) is 13.5. The Balaban J connectivity index is 2.07. The smallest absolute Gasteiger partial charge is 0.165 e. The van der Waals surface area contributed by atoms with Gasteiger partial charge in [0.25, 0.3) is 0 Å². The van der Waals surface area contributed by atoms with Crippen LogP contribution >= 0.6 is 11.8 Å². The van der Waals surface area contributed by atoms with Crippen LogP contribution in [-0.4, -0.2) is 15.2 Å². The number of H-pyrrole nitrogens is 1. The van der Waals surface area contributed by atoms with Gasteiger partial charge in [0.15, 0.2) is 5.16 Å². The van der Waals surface area contributed by atoms with Gasteiger partial charge in [0.2, 0.25) is 0 Å². The van der Waals surface area contributed by atoms with E-state index in [0.717, 1.165) is 18.0 Å². The Bertz CT molecular complexity index is 413. The van der Waals surface area contributed by atoms with Crippen LogP contribution in [0.2, 0.25) is 0 Å². The molecule has 3 nitrogen and oxygen atoms in total. The van der Waals surface area contributed by atoms with E-state index < -0.39 is 0 Å². The minimum absolute atomic E-state index is 0.165. The van der Waals surface area contributed by atoms with Gasteiger partial charge in [-0.25, -0.2) is 4.98 Å². The molecule has 1 saturated carbocycles. The van der Waals surface area contributed by atoms with Crippen molar-refractivity contribution in [1.29, 1.82) is 5.26 Å². The molecule has 3 unspecified atom stereocenters. The van der Waals surface area contributed by atoms with Crippen molar-refractivity contribution < 1.29 is 0 Å². The molecule has 0 radical (unpaired) electrons. The summed E-state index contributed by atoms with van der Waals surface area (Å²) in [7, 11) is 0. The average molecular weight is 263 g/mol. The fourth-order valence-corrected chi connectivity index (χ4v) is 3.89. The van der Waals surface area contributed by atoms with E-state index in [1.54, 1.807) is 18.0 Å². The third-order valence-corrected chi connectivity index (χ3v) is 5.19. The highest BCUT2D eigenvalue weighted by Gasteiger charge is 2.36. The van der Waals surface area contributed by atoms with Gasteiger partial charge in [-0.2, -0.15) is 5.26 Å². The van der Waals surface area contributed by atoms with Crippen LogP contribution in [0.1, 0.15) is 40.0 Å². The van der Waals surface area contributed by atoms with Crippen molar-refractivity contribution in [3.8, 4) is 6.07 Å². The molecule has 1 heterocycles. The molecule has 0 spiro atoms. The number of thioether (sulfide) groups is 1. The van der Waals surface area contributed by atoms with E-state index in [1.165, 1.54) is 6.42 Å². The summed E-state index contributed by atoms with van der Waals surface area (Å²) in [5.74, 6) is 0.869. The van der Waals surface area contributed by atoms with E-state index in [2.05, 4.69) is 36.8 Å². The number of imidazole rings is 1. The highest BCUT2D eigenvalue weighted by atomic mass is 32.2. The number of hydrogen-bond donors (Lipinski definition) is 1. The van der Waals surface area contributed by atoms with Gasteiger partial charge in [0.1, 0.15) is 0 Å². The summed E-state index contributed by atoms with van der Waals surface area (Å²) in [4.78, 5) is 7.39. The van der Waals surface area contributed by atoms with Gasteiger partial charge < -0.3 is 4.98 Å². The summed E-state index contributed by atoms with van der Waals surface area (Å²) < 4.78 is 0. The first-order valence-corrected chi connectivity index (χ1v) is 7.44. The molecule has 1 aromatic heterocycles. The highest BCUT2D eigenvalue weighted by Crippen LogP contribution is 2.44. The van der Waals surface area contributed by atoms with Crippen LogP contribution in [0.3, 0.4) is 0 Å². The molecule has 1 aliphatic carbocycles. The summed E-state index contributed by atoms with van der Waals surface area (Å²) >= 11 is 1.73. The lowest BCUT2D eigenvalue weighted by molar-refractivity contribution is 0.169. The van der Waals surface area contributed by atoms with Crippen molar-refractivity contribution in [2.75, 3.05) is 0 Å². The van der Waals surface area contributed by atoms with Crippen LogP contribution in [0.5, 0.6) is 0 Å². The summed E-state index contributed by atoms with van der Waals surface area (Å²) in [5.41, 5.74) is 0.336. The molecule has 1 aliphatic rings. The van der Waals surface area contributed by atoms with Crippen LogP contribution < -0.4 is 0 Å². The molecule has 3 atom stereocenters. The van der Waals surface area contributed by atoms with Gasteiger partial charge in [-0.1, -0.05) is 32.5 Å². The molecule has 0 amide bonds. The zero-order valence-corrected chi connectivity index (χ0v) is 12.1. The Labute approximate surface area is 113 Å². The lowest BCUT2D eigenvalue weighted by atomic mass is 9.70. The Kier molecular flexibility index (Phi) is 4.01. The third-order valence-electron chi connectivity index (χ3n) is 3.92. The monoisotopic (exact) mass is 263 g/mol. The van der Waals surface area contributed by atoms with Crippen LogP contribution in [0.15, 0.2) is 17.6 Å². The maximum Gasteiger partial charge on any atom is 0.165 e. The second kappa shape index (κ2) is 5.36. The normalized spacial score (nSPS) is 28.9. The maximum absolute atomic E-state index is 9.29. The Morgan fingerprint density at radius 2 is 2.22 bits per heavy atom. The van der Waals surface area contributed by atoms with Gasteiger partial charge in [-0.15, -0.1) is 0 Å². The number of nitrogens with zero attached hydrogens (tertiary/aromatic N) is 2. The number of nitrogens with one attached hydrogen (secondary N) is 1. The Morgan fingerprint density at radius 3 is 2.78 bits per heavy atom. The third kappa shape index (κ3) is 3.08. The van der Waals surface area contributed by atoms with Crippen molar-refractivity contribution in [3.05, 3.63) is 12.4 Å². The van der Waals surface area contributed by atoms with Gasteiger partial charge in [-0.3, -0.25) is 0 Å². The Morgan fingerprint density at radius 1 is 1.44 bits per heavy atom. The SMILES string of the molecule is CC(C)(C)C1CCC(C#N)C(Sc2ncc[nH]2)C1. The van der Waals surface area contributed by atoms with Crippen molar-refractivity contribution in [2.24, 2.45) is 17.3 Å². The fraction of sp³-hybridized carbons (Fsp3) is 0.714. The van der Waals surface area contributed by atoms with Gasteiger partial charge >= 0.3 is 0 Å². The predicted molar refractivity (Wildman–Crippen MR) is 74.1 cm³/mol. The molecule has 0 aliphatic heterocycles. The molecule has 18 heavy (non-hydrogen) atoms. The van der Waals surface area contributed by atoms with Crippen LogP contribution in [-0.2, 0) is 0 Å². The molecule has 4 heteroatoms. The summed E-state index contributed by atoms with van der Waals surface area (Å²) in [6.45, 7) is 6.91. The van der Waals surface area contributed by atoms with E-state index in [4.69, 9.17) is 0 Å². The van der Waals surface area contributed by atoms with Crippen LogP contribution in [0.4, 0.5) is 0 Å². The number of nitriles is 1. The molecule has 0 aromatic carbocycles. The van der Waals surface area contributed by atoms with Gasteiger partial charge in [0, 0.05) is 17.6 Å². The van der Waals surface area contributed by atoms with Crippen molar-refractivity contribution in [2.45, 2.75) is 50.4 Å². The van der Waals surface area contributed by atoms with Gasteiger partial charge in [0.05, 0.1) is 12.0 Å². The number of rotatable bonds is 2. The van der Waals surface area contributed by atoms with Gasteiger partial charge in [-0.05, 0) is 30.6 Å². The quantitative estimate of drug-likeness (QED) is 0.881. The maximum atomic E-state index is 9.29. The largest absolute Gasteiger partial charge is 0.340 e. The minimum atomic E-state index is 0.165. The lowest BCUT2D eigenvalue weighted by Gasteiger charge is -2.39. The van der Waals surface area contributed by atoms with E-state index >= 15 is 0 Å². The van der Waals surface area contributed by atoms with Crippen LogP contribution in [0.25, 0.3) is 0 Å². The van der Waals surface area contributed by atoms with E-state index in [0.29, 0.717) is 16.6 Å². The first-order valence-electron chi connectivity index (χ1n) is 6.56. The standard InChI is InChI=1S/C14H21N3S/c1-14(2,3)11-5-4-10(9-15)12(8-11)18-13-16-6-7-17-13/h6-7,10-12H,4-5,8H2,1-3H3,(H,16,17). The predicted octanol–water partition coefficient (Wildman–Crippen LogP) is 3.86. The number of aromatic nitrogens is 2. The zero-order chi connectivity index (χ0) is 13.2. The lowest BCUT2D eigenvalue weighted by Crippen LogP contribution is -2.33. The summed E-state index contributed by atoms with van der Waals surface area (Å²) in [6, 6.07) is 2.48. The van der Waals surface area contributed by atoms with E-state index in [-0.39, 0.29) is 5.92 Å². The Hall–Kier alpha value is -0.950. The second-order valence-corrected chi connectivity index (χ2v) is 7.39. The zero-order valence-electron chi connectivity index (χ0n) is 11.3. The first-order chi connectivity index (χ1) is 8.50. The minimum Gasteiger partial charge on any atom is -0.340 e. The van der Waals surface area contributed by atoms with Crippen molar-refractivity contribution in [1.82, 2.24) is 9.97 Å². The summed E-state index contributed by atoms with van der Waals surface area (Å²) in [6.07, 6.45) is 6.93. The molecule has 0 bridgehead atoms.